The maximum atomic E-state index is 2.73. The smallest absolute Gasteiger partial charge is 0.251 e. The molecule has 6 heterocycles. The van der Waals surface area contributed by atoms with Crippen molar-refractivity contribution >= 4 is 172 Å². The van der Waals surface area contributed by atoms with Crippen LogP contribution in [0.3, 0.4) is 0 Å². The van der Waals surface area contributed by atoms with E-state index < -0.39 is 16.1 Å². The molecule has 0 aromatic heterocycles. The van der Waals surface area contributed by atoms with Gasteiger partial charge in [0.05, 0.1) is 22.7 Å². The molecule has 640 valence electrons. The van der Waals surface area contributed by atoms with Gasteiger partial charge >= 0.3 is 0 Å². The third kappa shape index (κ3) is 12.5. The number of nitrogens with zero attached hydrogens (tertiary/aromatic N) is 4. The maximum absolute atomic E-state index is 3.50. The Morgan fingerprint density at radius 1 is 0.180 bits per heavy atom. The number of para-hydroxylation sites is 2. The topological polar surface area (TPSA) is 13.0 Å². The highest BCUT2D eigenvalue weighted by atomic mass is 28.3. The Morgan fingerprint density at radius 2 is 0.444 bits per heavy atom. The number of rotatable bonds is 13. The van der Waals surface area contributed by atoms with Crippen LogP contribution in [0.25, 0.3) is 55.6 Å². The zero-order chi connectivity index (χ0) is 90.5. The molecule has 24 rings (SSSR count). The predicted molar refractivity (Wildman–Crippen MR) is 576 cm³/mol. The normalized spacial score (nSPS) is 14.4. The highest BCUT2D eigenvalue weighted by Crippen LogP contribution is 2.54. The zero-order valence-corrected chi connectivity index (χ0v) is 80.1. The summed E-state index contributed by atoms with van der Waals surface area (Å²) >= 11 is 0. The van der Waals surface area contributed by atoms with Crippen LogP contribution in [0.5, 0.6) is 0 Å². The predicted octanol–water partition coefficient (Wildman–Crippen LogP) is 23.1. The molecule has 0 unspecified atom stereocenters. The van der Waals surface area contributed by atoms with Gasteiger partial charge in [0.25, 0.3) is 13.4 Å². The van der Waals surface area contributed by atoms with Crippen LogP contribution < -0.4 is 93.9 Å². The van der Waals surface area contributed by atoms with E-state index in [0.29, 0.717) is 0 Å². The van der Waals surface area contributed by atoms with Crippen LogP contribution in [-0.4, -0.2) is 29.6 Å². The summed E-state index contributed by atoms with van der Waals surface area (Å²) in [4.78, 5) is 10.7. The Labute approximate surface area is 787 Å². The number of anilines is 12. The van der Waals surface area contributed by atoms with Crippen molar-refractivity contribution in [2.24, 2.45) is 0 Å². The molecule has 0 aliphatic carbocycles. The van der Waals surface area contributed by atoms with E-state index >= 15 is 0 Å². The Morgan fingerprint density at radius 3 is 0.842 bits per heavy atom. The average molecular weight is 1740 g/mol. The first-order chi connectivity index (χ1) is 64.5. The van der Waals surface area contributed by atoms with E-state index in [2.05, 4.69) is 516 Å². The van der Waals surface area contributed by atoms with Crippen LogP contribution >= 0.6 is 0 Å². The second kappa shape index (κ2) is 30.4. The number of aryl methyl sites for hydroxylation is 1. The molecule has 0 bridgehead atoms. The molecule has 133 heavy (non-hydrogen) atoms. The first kappa shape index (κ1) is 81.9. The molecule has 0 N–H and O–H groups in total. The number of hydrogen-bond donors (Lipinski definition) is 0. The fourth-order valence-electron chi connectivity index (χ4n) is 23.9. The lowest BCUT2D eigenvalue weighted by atomic mass is 9.33. The fourth-order valence-corrected chi connectivity index (χ4v) is 34.5. The molecule has 4 nitrogen and oxygen atoms in total. The van der Waals surface area contributed by atoms with Gasteiger partial charge in [0.15, 0.2) is 16.1 Å². The van der Waals surface area contributed by atoms with E-state index in [0.717, 1.165) is 28.2 Å². The standard InChI is InChI=1S/C125H106B2N4Si2/c1-81-75-110-117-111(76-81)131(109-58-36-60-113-121(109)127(117)120-108(130(110)102-73-71-90(124(8,9)10)79-98(102)82-37-18-14-19-38-82)57-35-59-112(120)132(113,92-42-20-15-21-43-92)93-44-22-16-23-45-93)103-74-72-91(125(11,12)13)80-99(103)87-41-30-39-85(77-87)86-40-31-48-95(78-86)133(94-46-24-17-25-47-94)114-61-33-55-106-118(114)126-116-104(128(106)100-51-28-26-49-96(100)83-63-67-88(68-64-83)122(2,3)4)53-32-54-105(116)129(107-56-34-62-115(133)119(107)126)101-52-29-27-50-97(101)84-65-69-89(70-66-84)123(5,6)7/h14-80H,1-13H3. The first-order valence-electron chi connectivity index (χ1n) is 47.6. The first-order valence-corrected chi connectivity index (χ1v) is 51.6. The van der Waals surface area contributed by atoms with Crippen LogP contribution in [0, 0.1) is 6.92 Å². The molecular formula is C125H106B2N4Si2. The van der Waals surface area contributed by atoms with Gasteiger partial charge in [0.2, 0.25) is 0 Å². The van der Waals surface area contributed by atoms with Crippen molar-refractivity contribution in [1.29, 1.82) is 0 Å². The van der Waals surface area contributed by atoms with Gasteiger partial charge in [-0.05, 0) is 255 Å². The SMILES string of the molecule is Cc1cc2c3c(c1)N(c1ccc(C(C)(C)C)cc1-c1cccc(-c4cccc([Si]5(c6ccccc6)c6cccc7c6B6c8c(cccc8N(c8ccccc8-c8ccc(C(C)(C)C)cc8)c8cccc5c86)N7c5ccccc5-c5ccc(C(C)(C)C)cc5)c4)c1)c1cccc4c1B3c1c(cccc1[Si]4(c1ccccc1)c1ccccc1)N2c1ccc(C(C)(C)C)cc1-c1ccccc1. The van der Waals surface area contributed by atoms with Gasteiger partial charge in [-0.25, -0.2) is 0 Å². The summed E-state index contributed by atoms with van der Waals surface area (Å²) in [6.45, 7) is 30.2. The van der Waals surface area contributed by atoms with Crippen LogP contribution in [0.1, 0.15) is 111 Å². The lowest BCUT2D eigenvalue weighted by Crippen LogP contribution is -2.88. The third-order valence-corrected chi connectivity index (χ3v) is 39.8. The van der Waals surface area contributed by atoms with Crippen molar-refractivity contribution in [3.05, 3.63) is 434 Å². The molecule has 0 saturated carbocycles. The summed E-state index contributed by atoms with van der Waals surface area (Å²) < 4.78 is 0. The number of benzene rings is 18. The van der Waals surface area contributed by atoms with Gasteiger partial charge in [0, 0.05) is 67.8 Å². The van der Waals surface area contributed by atoms with Gasteiger partial charge in [0.1, 0.15) is 0 Å². The van der Waals surface area contributed by atoms with E-state index in [1.165, 1.54) is 198 Å². The van der Waals surface area contributed by atoms with E-state index in [1.54, 1.807) is 0 Å². The van der Waals surface area contributed by atoms with Gasteiger partial charge in [-0.3, -0.25) is 0 Å². The Hall–Kier alpha value is -14.3. The maximum Gasteiger partial charge on any atom is 0.251 e. The van der Waals surface area contributed by atoms with Crippen molar-refractivity contribution in [1.82, 2.24) is 0 Å². The molecule has 0 saturated heterocycles. The molecule has 8 heteroatoms. The summed E-state index contributed by atoms with van der Waals surface area (Å²) in [5.41, 5.74) is 40.5. The molecular weight excluding hydrogens is 1640 g/mol. The zero-order valence-electron chi connectivity index (χ0n) is 78.1. The summed E-state index contributed by atoms with van der Waals surface area (Å²) in [5.74, 6) is 0. The van der Waals surface area contributed by atoms with Crippen molar-refractivity contribution in [3.8, 4) is 55.6 Å². The second-order valence-electron chi connectivity index (χ2n) is 41.9. The van der Waals surface area contributed by atoms with E-state index in [4.69, 9.17) is 0 Å². The molecule has 6 aliphatic rings. The number of hydrogen-bond acceptors (Lipinski definition) is 4. The van der Waals surface area contributed by atoms with Gasteiger partial charge in [-0.15, -0.1) is 0 Å². The summed E-state index contributed by atoms with van der Waals surface area (Å²) in [6.07, 6.45) is 0. The molecule has 0 fully saturated rings. The fraction of sp³-hybridized carbons (Fsp3) is 0.136. The monoisotopic (exact) mass is 1740 g/mol. The van der Waals surface area contributed by atoms with Crippen molar-refractivity contribution in [2.45, 2.75) is 112 Å². The quantitative estimate of drug-likeness (QED) is 0.107. The van der Waals surface area contributed by atoms with E-state index in [-0.39, 0.29) is 35.1 Å². The summed E-state index contributed by atoms with van der Waals surface area (Å²) in [7, 11) is -6.73. The molecule has 18 aromatic carbocycles. The second-order valence-corrected chi connectivity index (χ2v) is 49.3. The van der Waals surface area contributed by atoms with E-state index in [9.17, 15) is 0 Å². The van der Waals surface area contributed by atoms with Gasteiger partial charge in [-0.2, -0.15) is 0 Å². The summed E-state index contributed by atoms with van der Waals surface area (Å²) in [6, 6.07) is 160. The Balaban J connectivity index is 0.732. The molecule has 0 radical (unpaired) electrons. The Kier molecular flexibility index (Phi) is 18.7. The van der Waals surface area contributed by atoms with Crippen molar-refractivity contribution in [3.63, 3.8) is 0 Å². The minimum Gasteiger partial charge on any atom is -0.311 e. The molecule has 0 atom stereocenters. The molecule has 18 aromatic rings. The highest BCUT2D eigenvalue weighted by Gasteiger charge is 2.59. The van der Waals surface area contributed by atoms with Crippen LogP contribution in [0.2, 0.25) is 0 Å². The summed E-state index contributed by atoms with van der Waals surface area (Å²) in [5, 5.41) is 11.2. The molecule has 0 amide bonds. The molecule has 0 spiro atoms. The average Bonchev–Trinajstić information content (AvgIpc) is 0.664. The van der Waals surface area contributed by atoms with Gasteiger partial charge < -0.3 is 19.6 Å². The van der Waals surface area contributed by atoms with Crippen LogP contribution in [0.4, 0.5) is 68.2 Å². The highest BCUT2D eigenvalue weighted by molar-refractivity contribution is 7.28. The lowest BCUT2D eigenvalue weighted by Gasteiger charge is -2.52. The van der Waals surface area contributed by atoms with Crippen LogP contribution in [0.15, 0.2) is 406 Å². The minimum absolute atomic E-state index is 0.00147. The lowest BCUT2D eigenvalue weighted by molar-refractivity contribution is 0.590. The Bertz CT molecular complexity index is 7550. The third-order valence-electron chi connectivity index (χ3n) is 30.1. The van der Waals surface area contributed by atoms with Crippen molar-refractivity contribution in [2.75, 3.05) is 19.6 Å². The van der Waals surface area contributed by atoms with E-state index in [1.807, 2.05) is 0 Å². The molecule has 6 aliphatic heterocycles. The van der Waals surface area contributed by atoms with Gasteiger partial charge in [-0.1, -0.05) is 399 Å². The minimum atomic E-state index is -3.50. The van der Waals surface area contributed by atoms with Crippen LogP contribution in [-0.2, 0) is 21.7 Å². The van der Waals surface area contributed by atoms with Crippen molar-refractivity contribution < 1.29 is 0 Å². The largest absolute Gasteiger partial charge is 0.311 e.